The van der Waals surface area contributed by atoms with E-state index in [4.69, 9.17) is 27.1 Å². The van der Waals surface area contributed by atoms with Gasteiger partial charge in [-0.1, -0.05) is 0 Å². The van der Waals surface area contributed by atoms with Crippen LogP contribution >= 0.6 is 0 Å². The van der Waals surface area contributed by atoms with Gasteiger partial charge in [-0.05, 0) is 44.3 Å². The van der Waals surface area contributed by atoms with Crippen LogP contribution in [0.15, 0.2) is 41.3 Å². The Balaban J connectivity index is 1.38. The van der Waals surface area contributed by atoms with Crippen molar-refractivity contribution in [2.24, 2.45) is 5.92 Å². The molecule has 1 aromatic heterocycles. The molecule has 0 unspecified atom stereocenters. The van der Waals surface area contributed by atoms with Crippen LogP contribution in [-0.4, -0.2) is 67.8 Å². The lowest BCUT2D eigenvalue weighted by atomic mass is 10.0. The molecule has 222 valence electrons. The van der Waals surface area contributed by atoms with Crippen LogP contribution in [0.1, 0.15) is 46.5 Å². The minimum atomic E-state index is -0.902. The zero-order valence-electron chi connectivity index (χ0n) is 24.1. The fourth-order valence-corrected chi connectivity index (χ4v) is 5.30. The number of hydrogen-bond donors (Lipinski definition) is 0. The summed E-state index contributed by atoms with van der Waals surface area (Å²) in [7, 11) is 2.01. The van der Waals surface area contributed by atoms with E-state index in [1.54, 1.807) is 4.57 Å². The number of pyridine rings is 1. The molecule has 1 fully saturated rings. The molecule has 2 aliphatic heterocycles. The van der Waals surface area contributed by atoms with Crippen molar-refractivity contribution in [3.05, 3.63) is 63.7 Å². The highest BCUT2D eigenvalue weighted by atomic mass is 19.1. The van der Waals surface area contributed by atoms with E-state index >= 15 is 4.39 Å². The maximum Gasteiger partial charge on any atom is 0.349 e. The summed E-state index contributed by atoms with van der Waals surface area (Å²) in [5.41, 5.74) is 0.119. The van der Waals surface area contributed by atoms with Crippen LogP contribution in [0.3, 0.4) is 0 Å². The number of carbonyl (C=O) groups excluding carboxylic acids is 2. The zero-order chi connectivity index (χ0) is 30.7. The lowest BCUT2D eigenvalue weighted by Gasteiger charge is -2.37. The van der Waals surface area contributed by atoms with Gasteiger partial charge in [-0.2, -0.15) is 0 Å². The molecule has 0 aliphatic carbocycles. The normalized spacial score (nSPS) is 16.3. The van der Waals surface area contributed by atoms with Gasteiger partial charge in [-0.15, -0.1) is 24.7 Å². The van der Waals surface area contributed by atoms with Crippen molar-refractivity contribution in [3.63, 3.8) is 0 Å². The van der Waals surface area contributed by atoms with Gasteiger partial charge in [-0.25, -0.2) is 14.0 Å². The topological polar surface area (TPSA) is 90.3 Å². The second kappa shape index (κ2) is 12.6. The van der Waals surface area contributed by atoms with Crippen LogP contribution in [0.5, 0.6) is 11.5 Å². The Morgan fingerprint density at radius 1 is 1.09 bits per heavy atom. The summed E-state index contributed by atoms with van der Waals surface area (Å²) in [6.45, 7) is 5.00. The standard InChI is InChI=1S/C33H32FN3O6/c1-5-7-22(8-6-2)20-42-32(39)23-9-11-24(12-10-23)43-33(40)26-18-37-21(3)19-41-31-28(37)25(30(26)38)17-27(34)29(31)36-15-13-35(4)14-16-36/h1-2,9-12,17-18,21-22H,7-8,13-16,19-20H2,3-4H3/t21-/m0/s1. The molecule has 2 aromatic carbocycles. The lowest BCUT2D eigenvalue weighted by Crippen LogP contribution is -2.45. The molecule has 0 spiro atoms. The first-order valence-corrected chi connectivity index (χ1v) is 14.1. The molecule has 1 saturated heterocycles. The summed E-state index contributed by atoms with van der Waals surface area (Å²) < 4.78 is 34.2. The molecule has 3 aromatic rings. The van der Waals surface area contributed by atoms with Crippen LogP contribution in [0.2, 0.25) is 0 Å². The van der Waals surface area contributed by atoms with Crippen molar-refractivity contribution in [2.75, 3.05) is 51.3 Å². The highest BCUT2D eigenvalue weighted by Crippen LogP contribution is 2.42. The first kappa shape index (κ1) is 29.7. The Bertz CT molecular complexity index is 1680. The van der Waals surface area contributed by atoms with Gasteiger partial charge in [0.15, 0.2) is 11.6 Å². The monoisotopic (exact) mass is 585 g/mol. The van der Waals surface area contributed by atoms with Crippen molar-refractivity contribution >= 4 is 28.5 Å². The third kappa shape index (κ3) is 6.06. The Morgan fingerprint density at radius 2 is 1.77 bits per heavy atom. The summed E-state index contributed by atoms with van der Waals surface area (Å²) in [5.74, 6) is 3.26. The largest absolute Gasteiger partial charge is 0.487 e. The van der Waals surface area contributed by atoms with Crippen LogP contribution in [0, 0.1) is 36.4 Å². The summed E-state index contributed by atoms with van der Waals surface area (Å²) in [5, 5.41) is 0.0393. The number of nitrogens with zero attached hydrogens (tertiary/aromatic N) is 3. The minimum absolute atomic E-state index is 0.0393. The first-order chi connectivity index (χ1) is 20.7. The average molecular weight is 586 g/mol. The number of anilines is 1. The van der Waals surface area contributed by atoms with E-state index in [2.05, 4.69) is 16.7 Å². The Kier molecular flexibility index (Phi) is 8.70. The van der Waals surface area contributed by atoms with Gasteiger partial charge in [0.25, 0.3) is 0 Å². The molecule has 3 heterocycles. The predicted molar refractivity (Wildman–Crippen MR) is 160 cm³/mol. The second-order valence-corrected chi connectivity index (χ2v) is 10.9. The molecule has 10 heteroatoms. The van der Waals surface area contributed by atoms with E-state index in [9.17, 15) is 14.4 Å². The quantitative estimate of drug-likeness (QED) is 0.224. The number of carbonyl (C=O) groups is 2. The highest BCUT2D eigenvalue weighted by molar-refractivity contribution is 5.98. The fraction of sp³-hybridized carbons (Fsp3) is 0.364. The van der Waals surface area contributed by atoms with Crippen molar-refractivity contribution in [2.45, 2.75) is 25.8 Å². The SMILES string of the molecule is C#CCC(CC#C)COC(=O)c1ccc(OC(=O)c2cn3c4c(c(N5CCN(C)CC5)c(F)cc4c2=O)OC[C@@H]3C)cc1. The molecule has 1 atom stereocenters. The van der Waals surface area contributed by atoms with Gasteiger partial charge in [0.1, 0.15) is 23.6 Å². The van der Waals surface area contributed by atoms with E-state index in [-0.39, 0.29) is 47.4 Å². The second-order valence-electron chi connectivity index (χ2n) is 10.9. The van der Waals surface area contributed by atoms with Crippen LogP contribution in [0.25, 0.3) is 10.9 Å². The first-order valence-electron chi connectivity index (χ1n) is 14.1. The van der Waals surface area contributed by atoms with Gasteiger partial charge in [-0.3, -0.25) is 4.79 Å². The number of halogens is 1. The molecule has 0 radical (unpaired) electrons. The number of terminal acetylenes is 2. The number of ether oxygens (including phenoxy) is 3. The molecule has 0 amide bonds. The summed E-state index contributed by atoms with van der Waals surface area (Å²) in [6, 6.07) is 6.70. The van der Waals surface area contributed by atoms with Crippen molar-refractivity contribution < 1.29 is 28.2 Å². The van der Waals surface area contributed by atoms with E-state index in [1.165, 1.54) is 36.5 Å². The maximum atomic E-state index is 15.6. The number of hydrogen-bond acceptors (Lipinski definition) is 8. The van der Waals surface area contributed by atoms with E-state index in [0.717, 1.165) is 13.1 Å². The lowest BCUT2D eigenvalue weighted by molar-refractivity contribution is 0.0444. The third-order valence-corrected chi connectivity index (χ3v) is 7.75. The summed E-state index contributed by atoms with van der Waals surface area (Å²) >= 11 is 0. The van der Waals surface area contributed by atoms with Crippen LogP contribution in [0.4, 0.5) is 10.1 Å². The zero-order valence-corrected chi connectivity index (χ0v) is 24.1. The number of piperazine rings is 1. The highest BCUT2D eigenvalue weighted by Gasteiger charge is 2.31. The van der Waals surface area contributed by atoms with Gasteiger partial charge >= 0.3 is 11.9 Å². The fourth-order valence-electron chi connectivity index (χ4n) is 5.30. The van der Waals surface area contributed by atoms with Crippen molar-refractivity contribution in [1.82, 2.24) is 9.47 Å². The number of esters is 2. The maximum absolute atomic E-state index is 15.6. The van der Waals surface area contributed by atoms with Crippen LogP contribution < -0.4 is 19.8 Å². The van der Waals surface area contributed by atoms with Gasteiger partial charge in [0, 0.05) is 51.1 Å². The Hall–Kier alpha value is -4.80. The molecule has 5 rings (SSSR count). The number of rotatable bonds is 8. The summed E-state index contributed by atoms with van der Waals surface area (Å²) in [6.07, 6.45) is 12.9. The molecular weight excluding hydrogens is 553 g/mol. The molecule has 43 heavy (non-hydrogen) atoms. The van der Waals surface area contributed by atoms with E-state index < -0.39 is 23.2 Å². The number of aromatic nitrogens is 1. The van der Waals surface area contributed by atoms with E-state index in [0.29, 0.717) is 42.9 Å². The average Bonchev–Trinajstić information content (AvgIpc) is 2.99. The third-order valence-electron chi connectivity index (χ3n) is 7.75. The van der Waals surface area contributed by atoms with Gasteiger partial charge in [0.05, 0.1) is 29.1 Å². The van der Waals surface area contributed by atoms with Crippen molar-refractivity contribution in [3.8, 4) is 36.2 Å². The number of benzene rings is 2. The predicted octanol–water partition coefficient (Wildman–Crippen LogP) is 3.88. The molecule has 9 nitrogen and oxygen atoms in total. The Morgan fingerprint density at radius 3 is 2.42 bits per heavy atom. The minimum Gasteiger partial charge on any atom is -0.487 e. The molecule has 2 aliphatic rings. The Labute approximate surface area is 249 Å². The molecule has 0 N–H and O–H groups in total. The molecular formula is C33H32FN3O6. The van der Waals surface area contributed by atoms with Gasteiger partial charge < -0.3 is 28.6 Å². The van der Waals surface area contributed by atoms with Crippen LogP contribution in [-0.2, 0) is 4.74 Å². The molecule has 0 saturated carbocycles. The van der Waals surface area contributed by atoms with E-state index in [1.807, 2.05) is 18.9 Å². The smallest absolute Gasteiger partial charge is 0.349 e. The summed E-state index contributed by atoms with van der Waals surface area (Å²) in [4.78, 5) is 43.3. The van der Waals surface area contributed by atoms with Crippen molar-refractivity contribution in [1.29, 1.82) is 0 Å². The molecule has 0 bridgehead atoms. The van der Waals surface area contributed by atoms with Gasteiger partial charge in [0.2, 0.25) is 5.43 Å². The number of likely N-dealkylation sites (N-methyl/N-ethyl adjacent to an activating group) is 1.